The van der Waals surface area contributed by atoms with Gasteiger partial charge in [0.15, 0.2) is 0 Å². The topological polar surface area (TPSA) is 18.5 Å². The Bertz CT molecular complexity index is 915. The van der Waals surface area contributed by atoms with Crippen LogP contribution in [0.4, 0.5) is 0 Å². The molecule has 2 rings (SSSR count). The van der Waals surface area contributed by atoms with Gasteiger partial charge < -0.3 is 8.23 Å². The van der Waals surface area contributed by atoms with E-state index in [0.29, 0.717) is 0 Å². The van der Waals surface area contributed by atoms with Gasteiger partial charge in [0.1, 0.15) is 0 Å². The van der Waals surface area contributed by atoms with Gasteiger partial charge in [-0.15, -0.1) is 0 Å². The standard InChI is InChI=1S/C31H52O2Si4/c1-9-27-35(13-5,14-6)32-37(30-23-19-17-20-24-30,31-25-21-18-22-26-31)33-36(15-7,16-8)29-28-34(10-2,11-3)12-4/h9,17-29H,10-16H2,1-8H3. The predicted molar refractivity (Wildman–Crippen MR) is 175 cm³/mol. The lowest BCUT2D eigenvalue weighted by Gasteiger charge is -2.45. The van der Waals surface area contributed by atoms with Crippen molar-refractivity contribution < 1.29 is 8.23 Å². The van der Waals surface area contributed by atoms with Crippen LogP contribution in [-0.2, 0) is 8.23 Å². The molecular formula is C31H52O2Si4. The maximum atomic E-state index is 7.82. The van der Waals surface area contributed by atoms with Crippen LogP contribution >= 0.6 is 0 Å². The van der Waals surface area contributed by atoms with Gasteiger partial charge in [-0.3, -0.25) is 0 Å². The van der Waals surface area contributed by atoms with Gasteiger partial charge in [0, 0.05) is 0 Å². The maximum Gasteiger partial charge on any atom is 0.386 e. The second-order valence-electron chi connectivity index (χ2n) is 10.4. The van der Waals surface area contributed by atoms with Gasteiger partial charge in [-0.05, 0) is 41.5 Å². The number of rotatable bonds is 16. The van der Waals surface area contributed by atoms with Crippen LogP contribution in [0.3, 0.4) is 0 Å². The molecule has 0 aliphatic rings. The van der Waals surface area contributed by atoms with Crippen LogP contribution < -0.4 is 10.4 Å². The molecule has 37 heavy (non-hydrogen) atoms. The molecule has 2 aromatic rings. The second-order valence-corrected chi connectivity index (χ2v) is 27.3. The first-order valence-electron chi connectivity index (χ1n) is 14.7. The molecular weight excluding hydrogens is 517 g/mol. The first-order chi connectivity index (χ1) is 17.8. The molecule has 0 atom stereocenters. The average Bonchev–Trinajstić information content (AvgIpc) is 2.97. The Morgan fingerprint density at radius 2 is 0.892 bits per heavy atom. The summed E-state index contributed by atoms with van der Waals surface area (Å²) in [5.41, 5.74) is 7.70. The zero-order valence-corrected chi connectivity index (χ0v) is 28.8. The second kappa shape index (κ2) is 14.7. The molecule has 2 aromatic carbocycles. The summed E-state index contributed by atoms with van der Waals surface area (Å²) < 4.78 is 15.5. The van der Waals surface area contributed by atoms with E-state index in [4.69, 9.17) is 8.23 Å². The Kier molecular flexibility index (Phi) is 12.7. The lowest BCUT2D eigenvalue weighted by Crippen LogP contribution is -2.71. The molecule has 0 aliphatic heterocycles. The molecule has 0 bridgehead atoms. The predicted octanol–water partition coefficient (Wildman–Crippen LogP) is 8.51. The third-order valence-electron chi connectivity index (χ3n) is 8.72. The molecule has 204 valence electrons. The van der Waals surface area contributed by atoms with E-state index in [1.165, 1.54) is 28.5 Å². The molecule has 0 N–H and O–H groups in total. The van der Waals surface area contributed by atoms with Crippen molar-refractivity contribution in [3.05, 3.63) is 83.8 Å². The molecule has 0 saturated carbocycles. The highest BCUT2D eigenvalue weighted by atomic mass is 28.5. The quantitative estimate of drug-likeness (QED) is 0.189. The highest BCUT2D eigenvalue weighted by molar-refractivity contribution is 7.04. The zero-order valence-electron chi connectivity index (χ0n) is 24.8. The normalized spacial score (nSPS) is 13.6. The molecule has 0 heterocycles. The Morgan fingerprint density at radius 3 is 1.22 bits per heavy atom. The zero-order chi connectivity index (χ0) is 27.4. The molecule has 0 unspecified atom stereocenters. The third kappa shape index (κ3) is 7.43. The highest BCUT2D eigenvalue weighted by Gasteiger charge is 2.52. The van der Waals surface area contributed by atoms with Crippen molar-refractivity contribution in [2.24, 2.45) is 0 Å². The Balaban J connectivity index is 2.86. The van der Waals surface area contributed by atoms with E-state index in [-0.39, 0.29) is 0 Å². The molecule has 0 aliphatic carbocycles. The average molecular weight is 569 g/mol. The van der Waals surface area contributed by atoms with Gasteiger partial charge in [0.2, 0.25) is 16.6 Å². The minimum Gasteiger partial charge on any atom is -0.426 e. The van der Waals surface area contributed by atoms with Crippen molar-refractivity contribution in [3.8, 4) is 0 Å². The molecule has 0 spiro atoms. The summed E-state index contributed by atoms with van der Waals surface area (Å²) in [6.45, 7) is 18.6. The number of hydrogen-bond acceptors (Lipinski definition) is 2. The summed E-state index contributed by atoms with van der Waals surface area (Å²) in [5.74, 6) is 0. The minimum absolute atomic E-state index is 1.05. The highest BCUT2D eigenvalue weighted by Crippen LogP contribution is 2.32. The lowest BCUT2D eigenvalue weighted by atomic mass is 10.4. The van der Waals surface area contributed by atoms with Crippen LogP contribution in [-0.4, -0.2) is 33.3 Å². The summed E-state index contributed by atoms with van der Waals surface area (Å²) in [6, 6.07) is 30.0. The molecule has 0 radical (unpaired) electrons. The Morgan fingerprint density at radius 1 is 0.514 bits per heavy atom. The molecule has 0 saturated heterocycles. The van der Waals surface area contributed by atoms with E-state index < -0.39 is 33.3 Å². The van der Waals surface area contributed by atoms with Crippen molar-refractivity contribution >= 4 is 43.6 Å². The van der Waals surface area contributed by atoms with Crippen LogP contribution in [0.15, 0.2) is 83.8 Å². The first kappa shape index (κ1) is 31.9. The van der Waals surface area contributed by atoms with E-state index in [9.17, 15) is 0 Å². The SMILES string of the molecule is CC=C[Si](CC)(CC)O[Si](O[Si](C=C[Si](CC)(CC)CC)(CC)CC)(c1ccccc1)c1ccccc1. The molecule has 0 fully saturated rings. The molecule has 0 amide bonds. The summed E-state index contributed by atoms with van der Waals surface area (Å²) >= 11 is 0. The maximum absolute atomic E-state index is 7.82. The lowest BCUT2D eigenvalue weighted by molar-refractivity contribution is 0.406. The van der Waals surface area contributed by atoms with E-state index in [2.05, 4.69) is 139 Å². The fourth-order valence-corrected chi connectivity index (χ4v) is 24.2. The van der Waals surface area contributed by atoms with Crippen molar-refractivity contribution in [2.45, 2.75) is 97.7 Å². The summed E-state index contributed by atoms with van der Waals surface area (Å²) in [4.78, 5) is 0. The minimum atomic E-state index is -3.03. The fourth-order valence-electron chi connectivity index (χ4n) is 5.37. The van der Waals surface area contributed by atoms with Gasteiger partial charge in [-0.1, -0.05) is 150 Å². The van der Waals surface area contributed by atoms with E-state index in [1.807, 2.05) is 0 Å². The number of allylic oxidation sites excluding steroid dienone is 1. The molecule has 6 heteroatoms. The van der Waals surface area contributed by atoms with Crippen molar-refractivity contribution in [1.82, 2.24) is 0 Å². The van der Waals surface area contributed by atoms with Crippen molar-refractivity contribution in [2.75, 3.05) is 0 Å². The van der Waals surface area contributed by atoms with Crippen LogP contribution in [0.1, 0.15) is 55.4 Å². The van der Waals surface area contributed by atoms with Gasteiger partial charge in [0.25, 0.3) is 0 Å². The van der Waals surface area contributed by atoms with Crippen LogP contribution in [0.5, 0.6) is 0 Å². The summed E-state index contributed by atoms with van der Waals surface area (Å²) in [6.07, 6.45) is 2.21. The van der Waals surface area contributed by atoms with Gasteiger partial charge in [-0.25, -0.2) is 0 Å². The van der Waals surface area contributed by atoms with Crippen LogP contribution in [0.2, 0.25) is 42.3 Å². The summed E-state index contributed by atoms with van der Waals surface area (Å²) in [5, 5.41) is 2.48. The molecule has 0 aromatic heterocycles. The van der Waals surface area contributed by atoms with E-state index in [1.54, 1.807) is 0 Å². The largest absolute Gasteiger partial charge is 0.426 e. The monoisotopic (exact) mass is 568 g/mol. The van der Waals surface area contributed by atoms with Gasteiger partial charge >= 0.3 is 8.56 Å². The van der Waals surface area contributed by atoms with E-state index in [0.717, 1.165) is 24.2 Å². The van der Waals surface area contributed by atoms with Crippen LogP contribution in [0, 0.1) is 0 Å². The Hall–Kier alpha value is -1.29. The first-order valence-corrected chi connectivity index (χ1v) is 24.0. The van der Waals surface area contributed by atoms with Crippen molar-refractivity contribution in [3.63, 3.8) is 0 Å². The number of benzene rings is 2. The Labute approximate surface area is 232 Å². The van der Waals surface area contributed by atoms with E-state index >= 15 is 0 Å². The third-order valence-corrected chi connectivity index (χ3v) is 28.4. The van der Waals surface area contributed by atoms with Gasteiger partial charge in [-0.2, -0.15) is 0 Å². The smallest absolute Gasteiger partial charge is 0.386 e. The van der Waals surface area contributed by atoms with Crippen molar-refractivity contribution in [1.29, 1.82) is 0 Å². The summed E-state index contributed by atoms with van der Waals surface area (Å²) in [7, 11) is -8.90. The van der Waals surface area contributed by atoms with Gasteiger partial charge in [0.05, 0.1) is 8.07 Å². The number of hydrogen-bond donors (Lipinski definition) is 0. The van der Waals surface area contributed by atoms with Crippen LogP contribution in [0.25, 0.3) is 0 Å². The molecule has 2 nitrogen and oxygen atoms in total. The fraction of sp³-hybridized carbons (Fsp3) is 0.484.